The molecule has 14 heteroatoms. The van der Waals surface area contributed by atoms with Gasteiger partial charge in [0.25, 0.3) is 0 Å². The molecule has 0 fully saturated rings. The van der Waals surface area contributed by atoms with Crippen LogP contribution in [-0.2, 0) is 57.2 Å². The van der Waals surface area contributed by atoms with Crippen LogP contribution in [0.1, 0.15) is 72.9 Å². The van der Waals surface area contributed by atoms with E-state index in [0.29, 0.717) is 11.5 Å². The summed E-state index contributed by atoms with van der Waals surface area (Å²) >= 11 is 0. The van der Waals surface area contributed by atoms with Crippen molar-refractivity contribution < 1.29 is 66.7 Å². The summed E-state index contributed by atoms with van der Waals surface area (Å²) in [5.41, 5.74) is 8.19. The lowest BCUT2D eigenvalue weighted by Crippen LogP contribution is -2.16. The summed E-state index contributed by atoms with van der Waals surface area (Å²) in [6, 6.07) is 26.7. The highest BCUT2D eigenvalue weighted by atomic mass is 16.6. The molecule has 0 aliphatic heterocycles. The molecule has 0 amide bonds. The molecule has 0 bridgehead atoms. The third-order valence-corrected chi connectivity index (χ3v) is 9.31. The van der Waals surface area contributed by atoms with E-state index in [1.54, 1.807) is 24.3 Å². The van der Waals surface area contributed by atoms with Crippen LogP contribution < -0.4 is 9.47 Å². The SMILES string of the molecule is C=C(C)C(=O)OCCOC(=O)CCC(=O)OCCOc1ccc(C#Cc2ccc(-c3ccc(C#Cc4ccc(OCCOC(=O)CCC(=O)OCCOC(=O)C(=C)C)cc4)cc3C)c(C)c2)cc1. The van der Waals surface area contributed by atoms with Gasteiger partial charge in [-0.25, -0.2) is 9.59 Å². The van der Waals surface area contributed by atoms with Gasteiger partial charge in [0, 0.05) is 33.4 Å². The van der Waals surface area contributed by atoms with Crippen LogP contribution in [0.4, 0.5) is 0 Å². The maximum absolute atomic E-state index is 12.0. The summed E-state index contributed by atoms with van der Waals surface area (Å²) in [6.45, 7) is 13.9. The predicted octanol–water partition coefficient (Wildman–Crippen LogP) is 7.50. The average molecular weight is 927 g/mol. The maximum atomic E-state index is 12.0. The molecule has 354 valence electrons. The molecular formula is C54H54O14. The molecule has 4 aromatic rings. The zero-order chi connectivity index (χ0) is 49.3. The van der Waals surface area contributed by atoms with E-state index in [4.69, 9.17) is 37.9 Å². The van der Waals surface area contributed by atoms with Crippen LogP contribution in [0, 0.1) is 37.5 Å². The quantitative estimate of drug-likeness (QED) is 0.0235. The van der Waals surface area contributed by atoms with Crippen LogP contribution in [-0.4, -0.2) is 88.7 Å². The highest BCUT2D eigenvalue weighted by Gasteiger charge is 2.13. The van der Waals surface area contributed by atoms with Gasteiger partial charge in [-0.05, 0) is 123 Å². The molecule has 0 saturated heterocycles. The number of hydrogen-bond donors (Lipinski definition) is 0. The van der Waals surface area contributed by atoms with Gasteiger partial charge < -0.3 is 37.9 Å². The van der Waals surface area contributed by atoms with E-state index in [1.165, 1.54) is 13.8 Å². The number of carbonyl (C=O) groups excluding carboxylic acids is 6. The Kier molecular flexibility index (Phi) is 21.7. The van der Waals surface area contributed by atoms with E-state index in [0.717, 1.165) is 44.5 Å². The number of ether oxygens (including phenoxy) is 8. The van der Waals surface area contributed by atoms with Crippen molar-refractivity contribution in [1.82, 2.24) is 0 Å². The third kappa shape index (κ3) is 19.6. The van der Waals surface area contributed by atoms with Crippen molar-refractivity contribution in [2.45, 2.75) is 53.4 Å². The van der Waals surface area contributed by atoms with Gasteiger partial charge >= 0.3 is 35.8 Å². The second kappa shape index (κ2) is 28.1. The molecule has 4 rings (SSSR count). The first-order valence-electron chi connectivity index (χ1n) is 21.7. The van der Waals surface area contributed by atoms with Gasteiger partial charge in [-0.3, -0.25) is 19.2 Å². The van der Waals surface area contributed by atoms with E-state index in [9.17, 15) is 28.8 Å². The van der Waals surface area contributed by atoms with Crippen molar-refractivity contribution in [3.63, 3.8) is 0 Å². The molecule has 0 saturated carbocycles. The molecule has 68 heavy (non-hydrogen) atoms. The average Bonchev–Trinajstić information content (AvgIpc) is 3.32. The fourth-order valence-electron chi connectivity index (χ4n) is 5.80. The van der Waals surface area contributed by atoms with Gasteiger partial charge in [0.05, 0.1) is 25.7 Å². The van der Waals surface area contributed by atoms with Crippen molar-refractivity contribution in [3.8, 4) is 46.3 Å². The van der Waals surface area contributed by atoms with Crippen molar-refractivity contribution in [1.29, 1.82) is 0 Å². The number of benzene rings is 4. The minimum Gasteiger partial charge on any atom is -0.490 e. The molecule has 0 heterocycles. The van der Waals surface area contributed by atoms with Crippen LogP contribution in [0.5, 0.6) is 11.5 Å². The number of hydrogen-bond acceptors (Lipinski definition) is 14. The van der Waals surface area contributed by atoms with Crippen LogP contribution in [0.3, 0.4) is 0 Å². The van der Waals surface area contributed by atoms with Gasteiger partial charge in [0.1, 0.15) is 64.4 Å². The van der Waals surface area contributed by atoms with Crippen molar-refractivity contribution >= 4 is 35.8 Å². The predicted molar refractivity (Wildman–Crippen MR) is 251 cm³/mol. The summed E-state index contributed by atoms with van der Waals surface area (Å²) in [4.78, 5) is 70.1. The first kappa shape index (κ1) is 52.5. The van der Waals surface area contributed by atoms with E-state index in [1.807, 2.05) is 36.4 Å². The second-order valence-electron chi connectivity index (χ2n) is 15.0. The van der Waals surface area contributed by atoms with Gasteiger partial charge in [-0.2, -0.15) is 0 Å². The van der Waals surface area contributed by atoms with Crippen LogP contribution >= 0.6 is 0 Å². The zero-order valence-corrected chi connectivity index (χ0v) is 38.7. The molecule has 0 aliphatic carbocycles. The summed E-state index contributed by atoms with van der Waals surface area (Å²) in [5.74, 6) is 10.5. The monoisotopic (exact) mass is 926 g/mol. The van der Waals surface area contributed by atoms with E-state index >= 15 is 0 Å². The van der Waals surface area contributed by atoms with Crippen molar-refractivity contribution in [3.05, 3.63) is 143 Å². The largest absolute Gasteiger partial charge is 0.490 e. The van der Waals surface area contributed by atoms with Gasteiger partial charge in [-0.15, -0.1) is 0 Å². The topological polar surface area (TPSA) is 176 Å². The Labute approximate surface area is 396 Å². The lowest BCUT2D eigenvalue weighted by molar-refractivity contribution is -0.153. The Balaban J connectivity index is 1.14. The molecule has 0 radical (unpaired) electrons. The van der Waals surface area contributed by atoms with Gasteiger partial charge in [-0.1, -0.05) is 49.0 Å². The highest BCUT2D eigenvalue weighted by Crippen LogP contribution is 2.28. The molecule has 0 spiro atoms. The van der Waals surface area contributed by atoms with Crippen LogP contribution in [0.15, 0.2) is 109 Å². The third-order valence-electron chi connectivity index (χ3n) is 9.31. The smallest absolute Gasteiger partial charge is 0.333 e. The lowest BCUT2D eigenvalue weighted by atomic mass is 9.94. The molecule has 0 N–H and O–H groups in total. The first-order chi connectivity index (χ1) is 32.7. The minimum atomic E-state index is -0.604. The van der Waals surface area contributed by atoms with Crippen molar-refractivity contribution in [2.75, 3.05) is 52.9 Å². The Bertz CT molecular complexity index is 2390. The van der Waals surface area contributed by atoms with Crippen molar-refractivity contribution in [2.24, 2.45) is 0 Å². The van der Waals surface area contributed by atoms with E-state index in [-0.39, 0.29) is 89.7 Å². The number of aryl methyl sites for hydroxylation is 2. The fourth-order valence-corrected chi connectivity index (χ4v) is 5.80. The summed E-state index contributed by atoms with van der Waals surface area (Å²) < 4.78 is 41.1. The second-order valence-corrected chi connectivity index (χ2v) is 15.0. The number of esters is 6. The molecular weight excluding hydrogens is 873 g/mol. The molecule has 14 nitrogen and oxygen atoms in total. The van der Waals surface area contributed by atoms with Gasteiger partial charge in [0.2, 0.25) is 0 Å². The minimum absolute atomic E-state index is 0.00826. The summed E-state index contributed by atoms with van der Waals surface area (Å²) in [7, 11) is 0. The van der Waals surface area contributed by atoms with Crippen LogP contribution in [0.2, 0.25) is 0 Å². The summed E-state index contributed by atoms with van der Waals surface area (Å²) in [5, 5.41) is 0. The van der Waals surface area contributed by atoms with Gasteiger partial charge in [0.15, 0.2) is 0 Å². The molecule has 0 atom stereocenters. The Morgan fingerprint density at radius 2 is 0.676 bits per heavy atom. The first-order valence-corrected chi connectivity index (χ1v) is 21.7. The molecule has 0 aliphatic rings. The molecule has 4 aromatic carbocycles. The number of rotatable bonds is 23. The van der Waals surface area contributed by atoms with E-state index < -0.39 is 35.8 Å². The maximum Gasteiger partial charge on any atom is 0.333 e. The Morgan fingerprint density at radius 1 is 0.397 bits per heavy atom. The highest BCUT2D eigenvalue weighted by molar-refractivity contribution is 5.87. The molecule has 0 aromatic heterocycles. The number of carbonyl (C=O) groups is 6. The van der Waals surface area contributed by atoms with E-state index in [2.05, 4.69) is 75.0 Å². The van der Waals surface area contributed by atoms with Crippen LogP contribution in [0.25, 0.3) is 11.1 Å². The zero-order valence-electron chi connectivity index (χ0n) is 38.7. The normalized spacial score (nSPS) is 10.1. The molecule has 0 unspecified atom stereocenters. The fraction of sp³-hybridized carbons (Fsp3) is 0.296. The Hall–Kier alpha value is -8.10. The Morgan fingerprint density at radius 3 is 0.985 bits per heavy atom. The summed E-state index contributed by atoms with van der Waals surface area (Å²) in [6.07, 6.45) is -0.620. The lowest BCUT2D eigenvalue weighted by Gasteiger charge is -2.10. The standard InChI is InChI=1S/C54H54O14/c1-37(2)53(59)67-33-31-65-51(57)25-23-49(55)63-29-27-61-45-17-11-41(12-18-45)7-9-43-15-21-47(39(5)35-43)48-22-16-44(36-40(48)6)10-8-42-13-19-46(20-14-42)62-28-30-64-50(56)24-26-52(58)66-32-34-68-54(60)38(3)4/h11-22,35-36H,1,3,23-34H2,2,4-6H3.